The molecule has 30 valence electrons. The Labute approximate surface area is 35.3 Å². The van der Waals surface area contributed by atoms with Crippen LogP contribution in [0.15, 0.2) is 0 Å². The van der Waals surface area contributed by atoms with Crippen LogP contribution in [0.5, 0.6) is 0 Å². The highest BCUT2D eigenvalue weighted by molar-refractivity contribution is 8.18. The molecule has 0 aromatic carbocycles. The Hall–Kier alpha value is 0.470. The molecule has 0 aromatic rings. The molecular formula is C3H8P2. The van der Waals surface area contributed by atoms with Crippen molar-refractivity contribution in [1.82, 2.24) is 0 Å². The largest absolute Gasteiger partial charge is 0.0960 e. The molecule has 0 aromatic heterocycles. The average molecular weight is 106 g/mol. The van der Waals surface area contributed by atoms with Crippen molar-refractivity contribution in [3.63, 3.8) is 0 Å². The second kappa shape index (κ2) is 2.69. The van der Waals surface area contributed by atoms with Gasteiger partial charge in [-0.1, -0.05) is 27.7 Å². The minimum atomic E-state index is -0.263. The molecule has 0 aliphatic heterocycles. The van der Waals surface area contributed by atoms with E-state index in [0.717, 1.165) is 0 Å². The van der Waals surface area contributed by atoms with E-state index in [0.29, 0.717) is 0 Å². The normalized spacial score (nSPS) is 15.4. The maximum atomic E-state index is 3.78. The molecule has 1 unspecified atom stereocenters. The first-order valence-electron chi connectivity index (χ1n) is 1.39. The maximum Gasteiger partial charge on any atom is -0.0405 e. The van der Waals surface area contributed by atoms with Gasteiger partial charge in [-0.2, -0.15) is 0 Å². The molecule has 0 rings (SSSR count). The zero-order valence-corrected chi connectivity index (χ0v) is 5.26. The molecule has 0 aliphatic carbocycles. The Morgan fingerprint density at radius 1 is 1.80 bits per heavy atom. The van der Waals surface area contributed by atoms with Gasteiger partial charge in [0, 0.05) is 0 Å². The predicted octanol–water partition coefficient (Wildman–Crippen LogP) is 1.56. The molecule has 0 N–H and O–H groups in total. The van der Waals surface area contributed by atoms with Gasteiger partial charge in [0.1, 0.15) is 0 Å². The van der Waals surface area contributed by atoms with Crippen LogP contribution >= 0.6 is 15.1 Å². The van der Waals surface area contributed by atoms with E-state index >= 15 is 0 Å². The number of hydrogen-bond donors (Lipinski definition) is 0. The Morgan fingerprint density at radius 2 is 2.00 bits per heavy atom. The fourth-order valence-electron chi connectivity index (χ4n) is 0. The molecule has 5 heavy (non-hydrogen) atoms. The van der Waals surface area contributed by atoms with Crippen molar-refractivity contribution in [2.75, 3.05) is 6.66 Å². The summed E-state index contributed by atoms with van der Waals surface area (Å²) in [6, 6.07) is 0. The SMILES string of the molecule is C=P[PH](=C)C. The summed E-state index contributed by atoms with van der Waals surface area (Å²) >= 11 is 0. The molecule has 0 amide bonds. The molecule has 0 saturated carbocycles. The van der Waals surface area contributed by atoms with Gasteiger partial charge in [-0.05, 0) is 6.66 Å². The maximum absolute atomic E-state index is 3.78. The summed E-state index contributed by atoms with van der Waals surface area (Å²) in [5, 5.41) is 0. The zero-order chi connectivity index (χ0) is 4.28. The highest BCUT2D eigenvalue weighted by Crippen LogP contribution is 2.28. The molecule has 0 saturated heterocycles. The Kier molecular flexibility index (Phi) is 2.95. The van der Waals surface area contributed by atoms with Crippen molar-refractivity contribution in [3.8, 4) is 0 Å². The highest BCUT2D eigenvalue weighted by atomic mass is 32.0. The molecule has 0 nitrogen and oxygen atoms in total. The fraction of sp³-hybridized carbons (Fsp3) is 0.333. The molecule has 0 aliphatic rings. The van der Waals surface area contributed by atoms with Crippen molar-refractivity contribution in [2.24, 2.45) is 0 Å². The Bertz CT molecular complexity index is 55.9. The van der Waals surface area contributed by atoms with E-state index in [-0.39, 0.29) is 7.23 Å². The van der Waals surface area contributed by atoms with Gasteiger partial charge in [0.15, 0.2) is 0 Å². The summed E-state index contributed by atoms with van der Waals surface area (Å²) in [5.74, 6) is 0. The van der Waals surface area contributed by atoms with Gasteiger partial charge in [0.2, 0.25) is 0 Å². The third kappa shape index (κ3) is 4.47. The van der Waals surface area contributed by atoms with Crippen LogP contribution in [0.25, 0.3) is 0 Å². The van der Waals surface area contributed by atoms with E-state index in [1.54, 1.807) is 0 Å². The fourth-order valence-corrected chi connectivity index (χ4v) is 0. The van der Waals surface area contributed by atoms with Gasteiger partial charge in [-0.3, -0.25) is 0 Å². The van der Waals surface area contributed by atoms with Crippen LogP contribution < -0.4 is 0 Å². The molecule has 0 fully saturated rings. The van der Waals surface area contributed by atoms with Gasteiger partial charge < -0.3 is 0 Å². The summed E-state index contributed by atoms with van der Waals surface area (Å²) in [7, 11) is 0.975. The second-order valence-electron chi connectivity index (χ2n) is 0.893. The van der Waals surface area contributed by atoms with Crippen LogP contribution in [-0.4, -0.2) is 19.3 Å². The lowest BCUT2D eigenvalue weighted by Gasteiger charge is -1.73. The first kappa shape index (κ1) is 5.47. The van der Waals surface area contributed by atoms with Crippen LogP contribution in [0.4, 0.5) is 0 Å². The van der Waals surface area contributed by atoms with Gasteiger partial charge in [-0.15, -0.1) is 0 Å². The van der Waals surface area contributed by atoms with Crippen molar-refractivity contribution >= 4 is 27.7 Å². The third-order valence-corrected chi connectivity index (χ3v) is 2.43. The van der Waals surface area contributed by atoms with Gasteiger partial charge in [-0.25, -0.2) is 0 Å². The quantitative estimate of drug-likeness (QED) is 0.445. The van der Waals surface area contributed by atoms with Gasteiger partial charge >= 0.3 is 0 Å². The predicted molar refractivity (Wildman–Crippen MR) is 35.4 cm³/mol. The smallest absolute Gasteiger partial charge is 0.0405 e. The van der Waals surface area contributed by atoms with Crippen molar-refractivity contribution in [1.29, 1.82) is 0 Å². The van der Waals surface area contributed by atoms with E-state index in [1.807, 2.05) is 0 Å². The zero-order valence-electron chi connectivity index (χ0n) is 3.36. The van der Waals surface area contributed by atoms with Gasteiger partial charge in [0.05, 0.1) is 0 Å². The number of hydrogen-bond acceptors (Lipinski definition) is 0. The molecule has 0 heterocycles. The van der Waals surface area contributed by atoms with Crippen molar-refractivity contribution in [3.05, 3.63) is 0 Å². The summed E-state index contributed by atoms with van der Waals surface area (Å²) < 4.78 is 0. The number of rotatable bonds is 1. The standard InChI is InChI=1S/C3H8P2/c1-4-5(2)3/h5H,1-2H2,3H3. The molecule has 0 radical (unpaired) electrons. The lowest BCUT2D eigenvalue weighted by atomic mass is 11.9. The van der Waals surface area contributed by atoms with E-state index < -0.39 is 0 Å². The average Bonchev–Trinajstić information content (AvgIpc) is 1.38. The van der Waals surface area contributed by atoms with E-state index in [2.05, 4.69) is 19.3 Å². The monoisotopic (exact) mass is 106 g/mol. The first-order valence-corrected chi connectivity index (χ1v) is 5.52. The van der Waals surface area contributed by atoms with E-state index in [4.69, 9.17) is 0 Å². The summed E-state index contributed by atoms with van der Waals surface area (Å²) in [6.45, 7) is 2.14. The Morgan fingerprint density at radius 3 is 2.00 bits per heavy atom. The molecule has 2 heteroatoms. The second-order valence-corrected chi connectivity index (χ2v) is 5.92. The lowest BCUT2D eigenvalue weighted by Crippen LogP contribution is -1.24. The van der Waals surface area contributed by atoms with Crippen molar-refractivity contribution in [2.45, 2.75) is 0 Å². The third-order valence-electron chi connectivity index (χ3n) is 0.270. The van der Waals surface area contributed by atoms with Crippen molar-refractivity contribution < 1.29 is 0 Å². The van der Waals surface area contributed by atoms with Crippen LogP contribution in [0.1, 0.15) is 0 Å². The topological polar surface area (TPSA) is 0 Å². The van der Waals surface area contributed by atoms with Crippen LogP contribution in [0.2, 0.25) is 0 Å². The summed E-state index contributed by atoms with van der Waals surface area (Å²) in [4.78, 5) is 0. The molecular weight excluding hydrogens is 98.0 g/mol. The molecule has 0 spiro atoms. The van der Waals surface area contributed by atoms with Crippen LogP contribution in [-0.2, 0) is 0 Å². The van der Waals surface area contributed by atoms with Gasteiger partial charge in [0.25, 0.3) is 0 Å². The van der Waals surface area contributed by atoms with E-state index in [1.165, 1.54) is 7.89 Å². The lowest BCUT2D eigenvalue weighted by molar-refractivity contribution is 2.50. The van der Waals surface area contributed by atoms with Crippen LogP contribution in [0.3, 0.4) is 0 Å². The van der Waals surface area contributed by atoms with E-state index in [9.17, 15) is 0 Å². The summed E-state index contributed by atoms with van der Waals surface area (Å²) in [6.07, 6.45) is 7.42. The highest BCUT2D eigenvalue weighted by Gasteiger charge is 1.58. The summed E-state index contributed by atoms with van der Waals surface area (Å²) in [5.41, 5.74) is 0. The Balaban J connectivity index is 3.20. The van der Waals surface area contributed by atoms with Crippen LogP contribution in [0, 0.1) is 0 Å². The minimum absolute atomic E-state index is 0.263. The minimum Gasteiger partial charge on any atom is -0.0960 e. The molecule has 1 atom stereocenters. The molecule has 0 bridgehead atoms. The first-order chi connectivity index (χ1) is 2.27.